The number of nitrogens with zero attached hydrogens (tertiary/aromatic N) is 2. The van der Waals surface area contributed by atoms with Crippen molar-refractivity contribution in [3.8, 4) is 11.3 Å². The van der Waals surface area contributed by atoms with Crippen LogP contribution in [0.2, 0.25) is 0 Å². The van der Waals surface area contributed by atoms with Crippen molar-refractivity contribution in [1.29, 1.82) is 0 Å². The molecule has 1 N–H and O–H groups in total. The van der Waals surface area contributed by atoms with Gasteiger partial charge >= 0.3 is 0 Å². The third-order valence-corrected chi connectivity index (χ3v) is 3.99. The van der Waals surface area contributed by atoms with Crippen LogP contribution in [-0.2, 0) is 9.53 Å². The monoisotopic (exact) mass is 303 g/mol. The average molecular weight is 303 g/mol. The summed E-state index contributed by atoms with van der Waals surface area (Å²) in [4.78, 5) is 13.6. The Morgan fingerprint density at radius 3 is 2.95 bits per heavy atom. The van der Waals surface area contributed by atoms with Crippen LogP contribution in [0.25, 0.3) is 11.3 Å². The van der Waals surface area contributed by atoms with Crippen LogP contribution in [0.3, 0.4) is 0 Å². The Balaban J connectivity index is 1.69. The minimum atomic E-state index is -0.261. The molecule has 1 atom stereocenters. The fourth-order valence-electron chi connectivity index (χ4n) is 2.77. The van der Waals surface area contributed by atoms with Gasteiger partial charge in [-0.3, -0.25) is 9.89 Å². The maximum Gasteiger partial charge on any atom is 0.248 e. The second-order valence-corrected chi connectivity index (χ2v) is 5.47. The van der Waals surface area contributed by atoms with Crippen LogP contribution >= 0.6 is 0 Å². The van der Waals surface area contributed by atoms with E-state index < -0.39 is 0 Å². The molecule has 1 aliphatic rings. The largest absolute Gasteiger partial charge is 0.375 e. The molecule has 0 saturated carbocycles. The molecule has 3 rings (SSSR count). The Morgan fingerprint density at radius 1 is 1.45 bits per heavy atom. The van der Waals surface area contributed by atoms with Crippen molar-refractivity contribution < 1.29 is 13.9 Å². The van der Waals surface area contributed by atoms with Crippen LogP contribution in [0.4, 0.5) is 4.39 Å². The Morgan fingerprint density at radius 2 is 2.23 bits per heavy atom. The number of methoxy groups -OCH3 is 1. The van der Waals surface area contributed by atoms with E-state index in [0.717, 1.165) is 29.9 Å². The number of aromatic nitrogens is 2. The van der Waals surface area contributed by atoms with Gasteiger partial charge in [0.25, 0.3) is 0 Å². The van der Waals surface area contributed by atoms with Gasteiger partial charge in [0, 0.05) is 37.4 Å². The number of ether oxygens (including phenoxy) is 1. The van der Waals surface area contributed by atoms with Crippen LogP contribution in [0.5, 0.6) is 0 Å². The quantitative estimate of drug-likeness (QED) is 0.942. The van der Waals surface area contributed by atoms with Crippen molar-refractivity contribution in [1.82, 2.24) is 15.1 Å². The molecule has 0 spiro atoms. The predicted octanol–water partition coefficient (Wildman–Crippen LogP) is 2.18. The summed E-state index contributed by atoms with van der Waals surface area (Å²) in [6, 6.07) is 8.23. The van der Waals surface area contributed by atoms with E-state index in [1.165, 1.54) is 19.2 Å². The van der Waals surface area contributed by atoms with E-state index in [9.17, 15) is 9.18 Å². The van der Waals surface area contributed by atoms with Crippen molar-refractivity contribution in [2.75, 3.05) is 26.8 Å². The molecule has 1 aliphatic heterocycles. The van der Waals surface area contributed by atoms with Gasteiger partial charge in [-0.15, -0.1) is 0 Å². The number of aromatic amines is 1. The number of hydrogen-bond acceptors (Lipinski definition) is 3. The van der Waals surface area contributed by atoms with Gasteiger partial charge in [0.1, 0.15) is 12.4 Å². The average Bonchev–Trinajstić information content (AvgIpc) is 3.17. The highest BCUT2D eigenvalue weighted by Crippen LogP contribution is 2.28. The molecule has 2 heterocycles. The van der Waals surface area contributed by atoms with E-state index in [4.69, 9.17) is 4.74 Å². The maximum atomic E-state index is 13.0. The first-order valence-electron chi connectivity index (χ1n) is 7.25. The third-order valence-electron chi connectivity index (χ3n) is 3.99. The molecule has 0 unspecified atom stereocenters. The van der Waals surface area contributed by atoms with Crippen molar-refractivity contribution in [3.05, 3.63) is 41.8 Å². The summed E-state index contributed by atoms with van der Waals surface area (Å²) in [7, 11) is 1.52. The summed E-state index contributed by atoms with van der Waals surface area (Å²) in [5.74, 6) is 0.00776. The third kappa shape index (κ3) is 3.01. The Hall–Kier alpha value is -2.21. The van der Waals surface area contributed by atoms with Crippen molar-refractivity contribution in [2.24, 2.45) is 0 Å². The van der Waals surface area contributed by atoms with Crippen LogP contribution < -0.4 is 0 Å². The number of rotatable bonds is 4. The topological polar surface area (TPSA) is 58.2 Å². The van der Waals surface area contributed by atoms with Crippen molar-refractivity contribution in [2.45, 2.75) is 12.3 Å². The number of benzene rings is 1. The number of halogens is 1. The van der Waals surface area contributed by atoms with Crippen LogP contribution in [0.1, 0.15) is 18.0 Å². The fraction of sp³-hybridized carbons (Fsp3) is 0.375. The summed E-state index contributed by atoms with van der Waals surface area (Å²) in [5.41, 5.74) is 2.66. The number of nitrogens with one attached hydrogen (secondary N) is 1. The van der Waals surface area contributed by atoms with E-state index in [1.807, 2.05) is 11.0 Å². The molecule has 1 aromatic carbocycles. The minimum Gasteiger partial charge on any atom is -0.375 e. The van der Waals surface area contributed by atoms with Gasteiger partial charge < -0.3 is 9.64 Å². The van der Waals surface area contributed by atoms with Gasteiger partial charge in [0.15, 0.2) is 0 Å². The van der Waals surface area contributed by atoms with E-state index >= 15 is 0 Å². The van der Waals surface area contributed by atoms with Crippen LogP contribution in [0, 0.1) is 5.82 Å². The molecule has 1 amide bonds. The zero-order valence-corrected chi connectivity index (χ0v) is 12.4. The predicted molar refractivity (Wildman–Crippen MR) is 79.8 cm³/mol. The fourth-order valence-corrected chi connectivity index (χ4v) is 2.77. The summed E-state index contributed by atoms with van der Waals surface area (Å²) < 4.78 is 17.8. The van der Waals surface area contributed by atoms with Crippen molar-refractivity contribution in [3.63, 3.8) is 0 Å². The molecule has 116 valence electrons. The molecule has 1 fully saturated rings. The van der Waals surface area contributed by atoms with Gasteiger partial charge in [-0.05, 0) is 36.8 Å². The molecule has 0 aliphatic carbocycles. The number of carbonyl (C=O) groups excluding carboxylic acids is 1. The number of hydrogen-bond donors (Lipinski definition) is 1. The van der Waals surface area contributed by atoms with Gasteiger partial charge in [0.2, 0.25) is 5.91 Å². The zero-order valence-electron chi connectivity index (χ0n) is 12.4. The lowest BCUT2D eigenvalue weighted by Gasteiger charge is -2.15. The normalized spacial score (nSPS) is 17.9. The molecule has 0 bridgehead atoms. The van der Waals surface area contributed by atoms with E-state index in [0.29, 0.717) is 6.54 Å². The summed E-state index contributed by atoms with van der Waals surface area (Å²) in [6.07, 6.45) is 0.903. The number of carbonyl (C=O) groups is 1. The molecular formula is C16H18FN3O2. The molecular weight excluding hydrogens is 285 g/mol. The van der Waals surface area contributed by atoms with Gasteiger partial charge in [-0.2, -0.15) is 5.10 Å². The number of H-pyrrole nitrogens is 1. The SMILES string of the molecule is COCC(=O)N1CC[C@H](c2cc(-c3ccc(F)cc3)n[nH]2)C1. The lowest BCUT2D eigenvalue weighted by molar-refractivity contribution is -0.134. The lowest BCUT2D eigenvalue weighted by atomic mass is 10.0. The summed E-state index contributed by atoms with van der Waals surface area (Å²) in [5, 5.41) is 7.33. The van der Waals surface area contributed by atoms with Crippen LogP contribution in [-0.4, -0.2) is 47.8 Å². The number of likely N-dealkylation sites (tertiary alicyclic amines) is 1. The lowest BCUT2D eigenvalue weighted by Crippen LogP contribution is -2.31. The van der Waals surface area contributed by atoms with E-state index in [-0.39, 0.29) is 24.2 Å². The number of amides is 1. The highest BCUT2D eigenvalue weighted by Gasteiger charge is 2.28. The summed E-state index contributed by atoms with van der Waals surface area (Å²) >= 11 is 0. The molecule has 2 aromatic rings. The maximum absolute atomic E-state index is 13.0. The Bertz CT molecular complexity index is 654. The molecule has 0 radical (unpaired) electrons. The molecule has 22 heavy (non-hydrogen) atoms. The van der Waals surface area contributed by atoms with Crippen LogP contribution in [0.15, 0.2) is 30.3 Å². The van der Waals surface area contributed by atoms with Gasteiger partial charge in [0.05, 0.1) is 5.69 Å². The molecule has 1 aromatic heterocycles. The second kappa shape index (κ2) is 6.27. The molecule has 1 saturated heterocycles. The highest BCUT2D eigenvalue weighted by molar-refractivity contribution is 5.77. The van der Waals surface area contributed by atoms with Gasteiger partial charge in [-0.25, -0.2) is 4.39 Å². The standard InChI is InChI=1S/C16H18FN3O2/c1-22-10-16(21)20-7-6-12(9-20)15-8-14(18-19-15)11-2-4-13(17)5-3-11/h2-5,8,12H,6-7,9-10H2,1H3,(H,18,19)/t12-/m0/s1. The Labute approximate surface area is 128 Å². The van der Waals surface area contributed by atoms with E-state index in [2.05, 4.69) is 10.2 Å². The highest BCUT2D eigenvalue weighted by atomic mass is 19.1. The van der Waals surface area contributed by atoms with Crippen molar-refractivity contribution >= 4 is 5.91 Å². The zero-order chi connectivity index (χ0) is 15.5. The Kier molecular flexibility index (Phi) is 4.20. The van der Waals surface area contributed by atoms with E-state index in [1.54, 1.807) is 12.1 Å². The second-order valence-electron chi connectivity index (χ2n) is 5.47. The first-order valence-corrected chi connectivity index (χ1v) is 7.25. The summed E-state index contributed by atoms with van der Waals surface area (Å²) in [6.45, 7) is 1.53. The molecule has 6 heteroatoms. The first kappa shape index (κ1) is 14.7. The first-order chi connectivity index (χ1) is 10.7. The minimum absolute atomic E-state index is 0.0169. The van der Waals surface area contributed by atoms with Gasteiger partial charge in [-0.1, -0.05) is 0 Å². The molecule has 5 nitrogen and oxygen atoms in total. The smallest absolute Gasteiger partial charge is 0.248 e.